The van der Waals surface area contributed by atoms with Crippen LogP contribution in [0, 0.1) is 0 Å². The lowest BCUT2D eigenvalue weighted by Crippen LogP contribution is -2.48. The third-order valence-electron chi connectivity index (χ3n) is 5.27. The van der Waals surface area contributed by atoms with E-state index in [1.54, 1.807) is 32.0 Å². The molecule has 1 heterocycles. The topological polar surface area (TPSA) is 89.7 Å². The molecule has 0 aromatic heterocycles. The molecule has 2 atom stereocenters. The van der Waals surface area contributed by atoms with Gasteiger partial charge in [0.2, 0.25) is 0 Å². The number of halogens is 2. The van der Waals surface area contributed by atoms with Gasteiger partial charge in [0.25, 0.3) is 10.1 Å². The maximum Gasteiger partial charge on any atom is 0.314 e. The molecule has 2 aromatic carbocycles. The minimum atomic E-state index is -3.70. The van der Waals surface area contributed by atoms with Gasteiger partial charge in [-0.25, -0.2) is 4.79 Å². The number of carbonyl (C=O) groups excluding carboxylic acids is 1. The lowest BCUT2D eigenvalue weighted by Gasteiger charge is -2.37. The van der Waals surface area contributed by atoms with Gasteiger partial charge < -0.3 is 10.6 Å². The number of carbonyl (C=O) groups is 1. The number of piperidine rings is 1. The Morgan fingerprint density at radius 1 is 1.17 bits per heavy atom. The highest BCUT2D eigenvalue weighted by Gasteiger charge is 2.36. The first kappa shape index (κ1) is 22.9. The standard InChI is InChI=1S/C21H24Cl2N2O4S/c1-13(2)30(27,28)29-20-9-10-25(21(24)26)12-18(20)15-5-3-14(4-6-15)17-11-16(22)7-8-19(17)23/h3-8,11,13,18,20H,9-10,12H2,1-2H3,(H2,24,26). The molecule has 6 nitrogen and oxygen atoms in total. The monoisotopic (exact) mass is 470 g/mol. The van der Waals surface area contributed by atoms with E-state index in [2.05, 4.69) is 0 Å². The molecule has 1 fully saturated rings. The van der Waals surface area contributed by atoms with Crippen molar-refractivity contribution in [2.45, 2.75) is 37.5 Å². The molecule has 0 spiro atoms. The zero-order valence-electron chi connectivity index (χ0n) is 16.7. The van der Waals surface area contributed by atoms with Crippen LogP contribution in [0.25, 0.3) is 11.1 Å². The highest BCUT2D eigenvalue weighted by Crippen LogP contribution is 2.35. The number of urea groups is 1. The van der Waals surface area contributed by atoms with E-state index in [1.165, 1.54) is 4.90 Å². The summed E-state index contributed by atoms with van der Waals surface area (Å²) in [6.07, 6.45) is -0.199. The minimum absolute atomic E-state index is 0.283. The fraction of sp³-hybridized carbons (Fsp3) is 0.381. The average molecular weight is 471 g/mol. The molecule has 0 aliphatic carbocycles. The summed E-state index contributed by atoms with van der Waals surface area (Å²) in [6, 6.07) is 12.3. The Balaban J connectivity index is 1.91. The highest BCUT2D eigenvalue weighted by molar-refractivity contribution is 7.87. The highest BCUT2D eigenvalue weighted by atomic mass is 35.5. The van der Waals surface area contributed by atoms with Crippen molar-refractivity contribution in [3.05, 3.63) is 58.1 Å². The van der Waals surface area contributed by atoms with E-state index in [9.17, 15) is 13.2 Å². The van der Waals surface area contributed by atoms with E-state index in [4.69, 9.17) is 33.1 Å². The fourth-order valence-corrected chi connectivity index (χ4v) is 4.67. The van der Waals surface area contributed by atoms with E-state index in [-0.39, 0.29) is 12.5 Å². The largest absolute Gasteiger partial charge is 0.351 e. The van der Waals surface area contributed by atoms with Crippen LogP contribution in [-0.2, 0) is 14.3 Å². The third-order valence-corrected chi connectivity index (χ3v) is 7.51. The summed E-state index contributed by atoms with van der Waals surface area (Å²) in [6.45, 7) is 3.78. The molecule has 2 aromatic rings. The van der Waals surface area contributed by atoms with Crippen molar-refractivity contribution in [2.75, 3.05) is 13.1 Å². The molecule has 0 bridgehead atoms. The summed E-state index contributed by atoms with van der Waals surface area (Å²) in [7, 11) is -3.70. The van der Waals surface area contributed by atoms with Gasteiger partial charge in [0.05, 0.1) is 11.4 Å². The minimum Gasteiger partial charge on any atom is -0.351 e. The number of hydrogen-bond acceptors (Lipinski definition) is 4. The van der Waals surface area contributed by atoms with Crippen molar-refractivity contribution in [3.63, 3.8) is 0 Å². The molecular formula is C21H24Cl2N2O4S. The normalized spacial score (nSPS) is 19.8. The van der Waals surface area contributed by atoms with Crippen molar-refractivity contribution in [2.24, 2.45) is 5.73 Å². The van der Waals surface area contributed by atoms with Crippen LogP contribution in [0.4, 0.5) is 4.79 Å². The van der Waals surface area contributed by atoms with E-state index in [0.29, 0.717) is 23.0 Å². The number of nitrogens with zero attached hydrogens (tertiary/aromatic N) is 1. The van der Waals surface area contributed by atoms with Gasteiger partial charge in [-0.15, -0.1) is 0 Å². The number of likely N-dealkylation sites (tertiary alicyclic amines) is 1. The Hall–Kier alpha value is -1.80. The van der Waals surface area contributed by atoms with Gasteiger partial charge in [0, 0.05) is 34.6 Å². The van der Waals surface area contributed by atoms with Gasteiger partial charge in [0.1, 0.15) is 0 Å². The fourth-order valence-electron chi connectivity index (χ4n) is 3.48. The second-order valence-electron chi connectivity index (χ2n) is 7.60. The smallest absolute Gasteiger partial charge is 0.314 e. The second-order valence-corrected chi connectivity index (χ2v) is 10.6. The van der Waals surface area contributed by atoms with E-state index in [1.807, 2.05) is 24.3 Å². The maximum absolute atomic E-state index is 12.3. The molecule has 1 aliphatic heterocycles. The first-order chi connectivity index (χ1) is 14.1. The molecule has 0 saturated carbocycles. The molecular weight excluding hydrogens is 447 g/mol. The van der Waals surface area contributed by atoms with Crippen molar-refractivity contribution in [3.8, 4) is 11.1 Å². The van der Waals surface area contributed by atoms with E-state index >= 15 is 0 Å². The SMILES string of the molecule is CC(C)S(=O)(=O)OC1CCN(C(N)=O)CC1c1ccc(-c2cc(Cl)ccc2Cl)cc1. The molecule has 9 heteroatoms. The van der Waals surface area contributed by atoms with Crippen LogP contribution < -0.4 is 5.73 Å². The summed E-state index contributed by atoms with van der Waals surface area (Å²) >= 11 is 12.4. The van der Waals surface area contributed by atoms with Crippen LogP contribution >= 0.6 is 23.2 Å². The first-order valence-corrected chi connectivity index (χ1v) is 11.8. The Morgan fingerprint density at radius 3 is 2.43 bits per heavy atom. The second kappa shape index (κ2) is 9.14. The summed E-state index contributed by atoms with van der Waals surface area (Å²) < 4.78 is 30.2. The molecule has 2 N–H and O–H groups in total. The van der Waals surface area contributed by atoms with E-state index in [0.717, 1.165) is 16.7 Å². The summed E-state index contributed by atoms with van der Waals surface area (Å²) in [5.41, 5.74) is 7.99. The molecule has 2 amide bonds. The predicted molar refractivity (Wildman–Crippen MR) is 119 cm³/mol. The molecule has 2 unspecified atom stereocenters. The zero-order valence-corrected chi connectivity index (χ0v) is 19.0. The van der Waals surface area contributed by atoms with E-state index < -0.39 is 27.5 Å². The molecule has 1 aliphatic rings. The van der Waals surface area contributed by atoms with Crippen LogP contribution in [0.3, 0.4) is 0 Å². The average Bonchev–Trinajstić information content (AvgIpc) is 2.70. The number of amides is 2. The number of nitrogens with two attached hydrogens (primary N) is 1. The van der Waals surface area contributed by atoms with Crippen LogP contribution in [0.15, 0.2) is 42.5 Å². The summed E-state index contributed by atoms with van der Waals surface area (Å²) in [5, 5.41) is 0.504. The zero-order chi connectivity index (χ0) is 22.1. The molecule has 3 rings (SSSR count). The van der Waals surface area contributed by atoms with Crippen LogP contribution in [-0.4, -0.2) is 43.8 Å². The summed E-state index contributed by atoms with van der Waals surface area (Å²) in [4.78, 5) is 13.2. The molecule has 0 radical (unpaired) electrons. The number of benzene rings is 2. The third kappa shape index (κ3) is 5.09. The number of rotatable bonds is 5. The molecule has 1 saturated heterocycles. The van der Waals surface area contributed by atoms with Gasteiger partial charge in [-0.2, -0.15) is 8.42 Å². The van der Waals surface area contributed by atoms with Gasteiger partial charge in [-0.05, 0) is 49.6 Å². The van der Waals surface area contributed by atoms with Crippen molar-refractivity contribution in [1.29, 1.82) is 0 Å². The lowest BCUT2D eigenvalue weighted by molar-refractivity contribution is 0.0966. The van der Waals surface area contributed by atoms with Gasteiger partial charge >= 0.3 is 6.03 Å². The lowest BCUT2D eigenvalue weighted by atomic mass is 9.87. The number of primary amides is 1. The van der Waals surface area contributed by atoms with Crippen molar-refractivity contribution in [1.82, 2.24) is 4.90 Å². The van der Waals surface area contributed by atoms with Crippen LogP contribution in [0.2, 0.25) is 10.0 Å². The van der Waals surface area contributed by atoms with Crippen LogP contribution in [0.5, 0.6) is 0 Å². The quantitative estimate of drug-likeness (QED) is 0.643. The first-order valence-electron chi connectivity index (χ1n) is 9.60. The summed E-state index contributed by atoms with van der Waals surface area (Å²) in [5.74, 6) is -0.330. The predicted octanol–water partition coefficient (Wildman–Crippen LogP) is 4.65. The maximum atomic E-state index is 12.3. The van der Waals surface area contributed by atoms with Gasteiger partial charge in [-0.3, -0.25) is 4.18 Å². The number of hydrogen-bond donors (Lipinski definition) is 1. The molecule has 162 valence electrons. The Labute approximate surface area is 187 Å². The van der Waals surface area contributed by atoms with Crippen LogP contribution in [0.1, 0.15) is 31.7 Å². The Kier molecular flexibility index (Phi) is 6.97. The van der Waals surface area contributed by atoms with Gasteiger partial charge in [0.15, 0.2) is 0 Å². The molecule has 30 heavy (non-hydrogen) atoms. The Morgan fingerprint density at radius 2 is 1.83 bits per heavy atom. The Bertz CT molecular complexity index is 1030. The van der Waals surface area contributed by atoms with Gasteiger partial charge in [-0.1, -0.05) is 47.5 Å². The van der Waals surface area contributed by atoms with Crippen molar-refractivity contribution >= 4 is 39.4 Å². The van der Waals surface area contributed by atoms with Crippen molar-refractivity contribution < 1.29 is 17.4 Å².